The van der Waals surface area contributed by atoms with Crippen LogP contribution in [0.25, 0.3) is 12.2 Å². The maximum atomic E-state index is 12.0. The maximum absolute atomic E-state index is 12.0. The third-order valence-electron chi connectivity index (χ3n) is 3.35. The molecule has 0 saturated heterocycles. The van der Waals surface area contributed by atoms with Gasteiger partial charge in [-0.25, -0.2) is 0 Å². The molecular weight excluding hydrogens is 612 g/mol. The minimum Gasteiger partial charge on any atom is -0.506 e. The van der Waals surface area contributed by atoms with Crippen molar-refractivity contribution in [1.29, 1.82) is 0 Å². The predicted molar refractivity (Wildman–Crippen MR) is 120 cm³/mol. The van der Waals surface area contributed by atoms with E-state index in [1.54, 1.807) is 36.4 Å². The molecule has 2 rings (SSSR count). The number of phenolic OH excluding ortho intramolecular Hbond substituents is 2. The Hall–Kier alpha value is -1.22. The Morgan fingerprint density at radius 3 is 1.30 bits per heavy atom. The zero-order chi connectivity index (χ0) is 20.1. The Morgan fingerprint density at radius 1 is 0.704 bits per heavy atom. The Balaban J connectivity index is 2.00. The van der Waals surface area contributed by atoms with Crippen LogP contribution in [0.2, 0.25) is 0 Å². The van der Waals surface area contributed by atoms with Gasteiger partial charge in [0.15, 0.2) is 11.6 Å². The molecule has 27 heavy (non-hydrogen) atoms. The van der Waals surface area contributed by atoms with Crippen molar-refractivity contribution in [3.63, 3.8) is 0 Å². The van der Waals surface area contributed by atoms with E-state index in [-0.39, 0.29) is 29.5 Å². The summed E-state index contributed by atoms with van der Waals surface area (Å²) in [5, 5.41) is 19.3. The Labute approximate surface area is 189 Å². The van der Waals surface area contributed by atoms with Crippen molar-refractivity contribution in [2.24, 2.45) is 0 Å². The molecule has 0 aliphatic carbocycles. The van der Waals surface area contributed by atoms with Crippen molar-refractivity contribution in [3.8, 4) is 11.5 Å². The number of phenols is 2. The van der Waals surface area contributed by atoms with E-state index in [9.17, 15) is 19.8 Å². The van der Waals surface area contributed by atoms with Crippen molar-refractivity contribution in [1.82, 2.24) is 0 Å². The molecule has 0 aliphatic heterocycles. The highest BCUT2D eigenvalue weighted by Crippen LogP contribution is 2.34. The molecule has 0 aromatic heterocycles. The third kappa shape index (κ3) is 6.41. The summed E-state index contributed by atoms with van der Waals surface area (Å²) in [4.78, 5) is 23.9. The molecule has 2 aromatic carbocycles. The van der Waals surface area contributed by atoms with E-state index in [0.29, 0.717) is 29.0 Å². The molecule has 0 aliphatic rings. The fraction of sp³-hybridized carbons (Fsp3) is 0.0526. The number of allylic oxidation sites excluding steroid dienone is 2. The Bertz CT molecular complexity index is 841. The zero-order valence-electron chi connectivity index (χ0n) is 13.5. The number of benzene rings is 2. The van der Waals surface area contributed by atoms with Crippen LogP contribution in [0.3, 0.4) is 0 Å². The summed E-state index contributed by atoms with van der Waals surface area (Å²) < 4.78 is 1.98. The molecule has 4 nitrogen and oxygen atoms in total. The summed E-state index contributed by atoms with van der Waals surface area (Å²) >= 11 is 12.9. The summed E-state index contributed by atoms with van der Waals surface area (Å²) in [6.45, 7) is 0. The second-order valence-electron chi connectivity index (χ2n) is 5.44. The smallest absolute Gasteiger partial charge is 0.163 e. The highest BCUT2D eigenvalue weighted by molar-refractivity contribution is 9.11. The number of carbonyl (C=O) groups is 2. The summed E-state index contributed by atoms with van der Waals surface area (Å²) in [7, 11) is 0. The lowest BCUT2D eigenvalue weighted by Crippen LogP contribution is -2.01. The first-order valence-corrected chi connectivity index (χ1v) is 10.6. The first-order chi connectivity index (χ1) is 12.7. The van der Waals surface area contributed by atoms with Crippen molar-refractivity contribution in [2.75, 3.05) is 0 Å². The average Bonchev–Trinajstić information content (AvgIpc) is 2.60. The van der Waals surface area contributed by atoms with Gasteiger partial charge < -0.3 is 10.2 Å². The average molecular weight is 624 g/mol. The number of hydrogen-bond acceptors (Lipinski definition) is 4. The first kappa shape index (κ1) is 22.1. The summed E-state index contributed by atoms with van der Waals surface area (Å²) in [6.07, 6.45) is 5.54. The largest absolute Gasteiger partial charge is 0.506 e. The topological polar surface area (TPSA) is 74.6 Å². The van der Waals surface area contributed by atoms with Crippen molar-refractivity contribution in [2.45, 2.75) is 6.42 Å². The van der Waals surface area contributed by atoms with Crippen molar-refractivity contribution >= 4 is 87.4 Å². The van der Waals surface area contributed by atoms with Crippen molar-refractivity contribution < 1.29 is 19.8 Å². The molecule has 0 atom stereocenters. The molecule has 0 unspecified atom stereocenters. The van der Waals surface area contributed by atoms with Crippen LogP contribution in [-0.4, -0.2) is 21.8 Å². The van der Waals surface area contributed by atoms with Gasteiger partial charge in [0.05, 0.1) is 24.3 Å². The van der Waals surface area contributed by atoms with Crippen LogP contribution in [0.5, 0.6) is 11.5 Å². The number of halogens is 4. The minimum absolute atomic E-state index is 0.0753. The van der Waals surface area contributed by atoms with Gasteiger partial charge in [-0.05, 0) is 111 Å². The van der Waals surface area contributed by atoms with Crippen LogP contribution in [0.15, 0.2) is 54.3 Å². The highest BCUT2D eigenvalue weighted by Gasteiger charge is 2.07. The monoisotopic (exact) mass is 620 g/mol. The molecule has 0 heterocycles. The van der Waals surface area contributed by atoms with E-state index < -0.39 is 0 Å². The van der Waals surface area contributed by atoms with E-state index in [1.165, 1.54) is 12.2 Å². The molecule has 0 bridgehead atoms. The normalized spacial score (nSPS) is 11.4. The van der Waals surface area contributed by atoms with Crippen molar-refractivity contribution in [3.05, 3.63) is 65.4 Å². The van der Waals surface area contributed by atoms with Crippen LogP contribution in [0, 0.1) is 0 Å². The maximum Gasteiger partial charge on any atom is 0.163 e. The molecule has 140 valence electrons. The standard InChI is InChI=1S/C19H12Br4O4/c20-14-5-10(6-15(21)18(14)26)1-3-12(24)9-13(25)4-2-11-7-16(22)19(27)17(23)8-11/h1-8,26-27H,9H2/b3-1+,4-2+. The van der Waals surface area contributed by atoms with Crippen LogP contribution in [0.4, 0.5) is 0 Å². The quantitative estimate of drug-likeness (QED) is 0.289. The highest BCUT2D eigenvalue weighted by atomic mass is 79.9. The molecular formula is C19H12Br4O4. The molecule has 2 aromatic rings. The van der Waals surface area contributed by atoms with Gasteiger partial charge >= 0.3 is 0 Å². The molecule has 0 radical (unpaired) electrons. The molecule has 2 N–H and O–H groups in total. The van der Waals surface area contributed by atoms with Gasteiger partial charge in [0.1, 0.15) is 11.5 Å². The Morgan fingerprint density at radius 2 is 1.00 bits per heavy atom. The van der Waals surface area contributed by atoms with E-state index in [0.717, 1.165) is 0 Å². The van der Waals surface area contributed by atoms with Gasteiger partial charge in [0.2, 0.25) is 0 Å². The van der Waals surface area contributed by atoms with Gasteiger partial charge in [0, 0.05) is 0 Å². The number of rotatable bonds is 6. The zero-order valence-corrected chi connectivity index (χ0v) is 19.9. The lowest BCUT2D eigenvalue weighted by atomic mass is 10.1. The molecule has 0 fully saturated rings. The number of carbonyl (C=O) groups excluding carboxylic acids is 2. The lowest BCUT2D eigenvalue weighted by molar-refractivity contribution is -0.121. The van der Waals surface area contributed by atoms with Gasteiger partial charge in [0.25, 0.3) is 0 Å². The SMILES string of the molecule is O=C(/C=C/c1cc(Br)c(O)c(Br)c1)CC(=O)/C=C/c1cc(Br)c(O)c(Br)c1. The molecule has 0 saturated carbocycles. The third-order valence-corrected chi connectivity index (χ3v) is 5.77. The lowest BCUT2D eigenvalue weighted by Gasteiger charge is -2.02. The van der Waals surface area contributed by atoms with E-state index in [4.69, 9.17) is 0 Å². The van der Waals surface area contributed by atoms with Crippen LogP contribution < -0.4 is 0 Å². The number of ketones is 2. The predicted octanol–water partition coefficient (Wildman–Crippen LogP) is 6.40. The molecule has 0 spiro atoms. The van der Waals surface area contributed by atoms with Gasteiger partial charge in [-0.2, -0.15) is 0 Å². The summed E-state index contributed by atoms with van der Waals surface area (Å²) in [6, 6.07) is 6.64. The van der Waals surface area contributed by atoms with Gasteiger partial charge in [-0.3, -0.25) is 9.59 Å². The fourth-order valence-electron chi connectivity index (χ4n) is 2.03. The van der Waals surface area contributed by atoms with Crippen LogP contribution >= 0.6 is 63.7 Å². The van der Waals surface area contributed by atoms with Gasteiger partial charge in [-0.1, -0.05) is 12.2 Å². The summed E-state index contributed by atoms with van der Waals surface area (Å²) in [5.41, 5.74) is 1.39. The number of aromatic hydroxyl groups is 2. The van der Waals surface area contributed by atoms with Gasteiger partial charge in [-0.15, -0.1) is 0 Å². The first-order valence-electron chi connectivity index (χ1n) is 7.45. The van der Waals surface area contributed by atoms with E-state index in [2.05, 4.69) is 63.7 Å². The Kier molecular flexibility index (Phi) is 8.03. The fourth-order valence-corrected chi connectivity index (χ4v) is 4.47. The number of hydrogen-bond donors (Lipinski definition) is 2. The minimum atomic E-state index is -0.335. The van der Waals surface area contributed by atoms with Crippen LogP contribution in [-0.2, 0) is 9.59 Å². The molecule has 8 heteroatoms. The second-order valence-corrected chi connectivity index (χ2v) is 8.86. The second kappa shape index (κ2) is 9.82. The van der Waals surface area contributed by atoms with Crippen LogP contribution in [0.1, 0.15) is 17.5 Å². The summed E-state index contributed by atoms with van der Waals surface area (Å²) in [5.74, 6) is -0.520. The van der Waals surface area contributed by atoms with E-state index >= 15 is 0 Å². The molecule has 0 amide bonds. The van der Waals surface area contributed by atoms with E-state index in [1.807, 2.05) is 0 Å².